The Morgan fingerprint density at radius 2 is 2.06 bits per heavy atom. The van der Waals surface area contributed by atoms with Crippen molar-refractivity contribution in [2.45, 2.75) is 6.42 Å². The van der Waals surface area contributed by atoms with Gasteiger partial charge in [-0.25, -0.2) is 4.79 Å². The molecule has 1 aliphatic rings. The maximum Gasteiger partial charge on any atom is 0.409 e. The van der Waals surface area contributed by atoms with Crippen molar-refractivity contribution in [3.8, 4) is 11.5 Å². The van der Waals surface area contributed by atoms with E-state index in [9.17, 15) is 4.79 Å². The van der Waals surface area contributed by atoms with Gasteiger partial charge in [-0.15, -0.1) is 0 Å². The highest BCUT2D eigenvalue weighted by Gasteiger charge is 2.13. The average Bonchev–Trinajstić information content (AvgIpc) is 2.43. The maximum absolute atomic E-state index is 11.2. The number of carbonyl (C=O) groups is 1. The first-order valence-corrected chi connectivity index (χ1v) is 5.88. The average molecular weight is 251 g/mol. The third-order valence-electron chi connectivity index (χ3n) is 2.83. The van der Waals surface area contributed by atoms with E-state index >= 15 is 0 Å². The Morgan fingerprint density at radius 1 is 1.33 bits per heavy atom. The molecule has 5 heteroatoms. The van der Waals surface area contributed by atoms with E-state index < -0.39 is 0 Å². The van der Waals surface area contributed by atoms with Crippen LogP contribution in [0.4, 0.5) is 4.79 Å². The Hall–Kier alpha value is -1.91. The number of amides is 1. The highest BCUT2D eigenvalue weighted by Crippen LogP contribution is 2.30. The molecular formula is C13H17NO4. The first-order chi connectivity index (χ1) is 8.70. The molecule has 18 heavy (non-hydrogen) atoms. The minimum Gasteiger partial charge on any atom is -0.486 e. The Balaban J connectivity index is 1.96. The number of rotatable bonds is 3. The van der Waals surface area contributed by atoms with E-state index in [1.54, 1.807) is 7.05 Å². The number of likely N-dealkylation sites (N-methyl/N-ethyl adjacent to an activating group) is 1. The van der Waals surface area contributed by atoms with Crippen molar-refractivity contribution < 1.29 is 19.0 Å². The van der Waals surface area contributed by atoms with E-state index in [2.05, 4.69) is 4.74 Å². The molecule has 0 aliphatic carbocycles. The Kier molecular flexibility index (Phi) is 3.92. The van der Waals surface area contributed by atoms with Crippen LogP contribution in [0, 0.1) is 0 Å². The van der Waals surface area contributed by atoms with Crippen molar-refractivity contribution in [2.75, 3.05) is 33.9 Å². The van der Waals surface area contributed by atoms with E-state index in [0.717, 1.165) is 23.5 Å². The number of methoxy groups -OCH3 is 1. The third-order valence-corrected chi connectivity index (χ3v) is 2.83. The third kappa shape index (κ3) is 2.85. The summed E-state index contributed by atoms with van der Waals surface area (Å²) in [5.41, 5.74) is 1.11. The molecule has 0 atom stereocenters. The van der Waals surface area contributed by atoms with Gasteiger partial charge in [-0.05, 0) is 24.1 Å². The topological polar surface area (TPSA) is 48.0 Å². The molecule has 5 nitrogen and oxygen atoms in total. The van der Waals surface area contributed by atoms with Gasteiger partial charge in [0.25, 0.3) is 0 Å². The van der Waals surface area contributed by atoms with Gasteiger partial charge in [0.1, 0.15) is 13.2 Å². The zero-order valence-electron chi connectivity index (χ0n) is 10.6. The molecule has 2 rings (SSSR count). The van der Waals surface area contributed by atoms with Crippen LogP contribution in [0.1, 0.15) is 5.56 Å². The second-order valence-corrected chi connectivity index (χ2v) is 4.12. The number of carbonyl (C=O) groups excluding carboxylic acids is 1. The molecule has 1 aromatic carbocycles. The van der Waals surface area contributed by atoms with Gasteiger partial charge in [0.2, 0.25) is 0 Å². The lowest BCUT2D eigenvalue weighted by molar-refractivity contribution is 0.134. The summed E-state index contributed by atoms with van der Waals surface area (Å²) in [7, 11) is 3.09. The summed E-state index contributed by atoms with van der Waals surface area (Å²) in [5, 5.41) is 0. The fourth-order valence-corrected chi connectivity index (χ4v) is 1.79. The Morgan fingerprint density at radius 3 is 2.78 bits per heavy atom. The number of ether oxygens (including phenoxy) is 3. The molecule has 0 saturated carbocycles. The van der Waals surface area contributed by atoms with Crippen LogP contribution >= 0.6 is 0 Å². The first kappa shape index (κ1) is 12.5. The summed E-state index contributed by atoms with van der Waals surface area (Å²) in [5.74, 6) is 1.56. The normalized spacial score (nSPS) is 13.0. The SMILES string of the molecule is COC(=O)N(C)CCc1ccc2c(c1)OCCO2. The van der Waals surface area contributed by atoms with Crippen molar-refractivity contribution >= 4 is 6.09 Å². The molecular weight excluding hydrogens is 234 g/mol. The molecule has 0 spiro atoms. The van der Waals surface area contributed by atoms with E-state index in [4.69, 9.17) is 9.47 Å². The van der Waals surface area contributed by atoms with Gasteiger partial charge in [-0.1, -0.05) is 6.07 Å². The van der Waals surface area contributed by atoms with Crippen LogP contribution in [0.2, 0.25) is 0 Å². The summed E-state index contributed by atoms with van der Waals surface area (Å²) in [6.07, 6.45) is 0.426. The van der Waals surface area contributed by atoms with E-state index in [1.165, 1.54) is 12.0 Å². The van der Waals surface area contributed by atoms with Crippen LogP contribution in [-0.2, 0) is 11.2 Å². The van der Waals surface area contributed by atoms with E-state index in [0.29, 0.717) is 19.8 Å². The van der Waals surface area contributed by atoms with Crippen molar-refractivity contribution in [3.63, 3.8) is 0 Å². The van der Waals surface area contributed by atoms with Gasteiger partial charge >= 0.3 is 6.09 Å². The summed E-state index contributed by atoms with van der Waals surface area (Å²) < 4.78 is 15.6. The fraction of sp³-hybridized carbons (Fsp3) is 0.462. The van der Waals surface area contributed by atoms with Crippen molar-refractivity contribution in [2.24, 2.45) is 0 Å². The highest BCUT2D eigenvalue weighted by atomic mass is 16.6. The molecule has 0 N–H and O–H groups in total. The van der Waals surface area contributed by atoms with Gasteiger partial charge in [-0.3, -0.25) is 0 Å². The Bertz CT molecular complexity index is 433. The zero-order valence-corrected chi connectivity index (χ0v) is 10.6. The van der Waals surface area contributed by atoms with Gasteiger partial charge in [0.05, 0.1) is 7.11 Å². The number of hydrogen-bond donors (Lipinski definition) is 0. The molecule has 0 unspecified atom stereocenters. The molecule has 98 valence electrons. The maximum atomic E-state index is 11.2. The molecule has 1 heterocycles. The molecule has 1 aliphatic heterocycles. The quantitative estimate of drug-likeness (QED) is 0.820. The van der Waals surface area contributed by atoms with E-state index in [1.807, 2.05) is 18.2 Å². The number of benzene rings is 1. The molecule has 0 saturated heterocycles. The molecule has 0 fully saturated rings. The van der Waals surface area contributed by atoms with Crippen LogP contribution in [0.5, 0.6) is 11.5 Å². The molecule has 1 amide bonds. The largest absolute Gasteiger partial charge is 0.486 e. The summed E-state index contributed by atoms with van der Waals surface area (Å²) >= 11 is 0. The van der Waals surface area contributed by atoms with Gasteiger partial charge < -0.3 is 19.1 Å². The number of nitrogens with zero attached hydrogens (tertiary/aromatic N) is 1. The minimum absolute atomic E-state index is 0.326. The summed E-state index contributed by atoms with van der Waals surface area (Å²) in [4.78, 5) is 12.8. The van der Waals surface area contributed by atoms with Crippen LogP contribution in [0.3, 0.4) is 0 Å². The molecule has 0 aromatic heterocycles. The van der Waals surface area contributed by atoms with Crippen LogP contribution in [0.15, 0.2) is 18.2 Å². The van der Waals surface area contributed by atoms with Gasteiger partial charge in [0.15, 0.2) is 11.5 Å². The second kappa shape index (κ2) is 5.62. The lowest BCUT2D eigenvalue weighted by Gasteiger charge is -2.19. The highest BCUT2D eigenvalue weighted by molar-refractivity contribution is 5.66. The fourth-order valence-electron chi connectivity index (χ4n) is 1.79. The summed E-state index contributed by atoms with van der Waals surface area (Å²) in [6, 6.07) is 5.85. The summed E-state index contributed by atoms with van der Waals surface area (Å²) in [6.45, 7) is 1.78. The second-order valence-electron chi connectivity index (χ2n) is 4.12. The van der Waals surface area contributed by atoms with Crippen molar-refractivity contribution in [1.82, 2.24) is 4.90 Å². The van der Waals surface area contributed by atoms with Crippen molar-refractivity contribution in [3.05, 3.63) is 23.8 Å². The van der Waals surface area contributed by atoms with Crippen molar-refractivity contribution in [1.29, 1.82) is 0 Å². The monoisotopic (exact) mass is 251 g/mol. The smallest absolute Gasteiger partial charge is 0.409 e. The lowest BCUT2D eigenvalue weighted by Crippen LogP contribution is -2.28. The van der Waals surface area contributed by atoms with Crippen LogP contribution < -0.4 is 9.47 Å². The predicted molar refractivity (Wildman–Crippen MR) is 66.2 cm³/mol. The lowest BCUT2D eigenvalue weighted by atomic mass is 10.1. The number of fused-ring (bicyclic) bond motifs is 1. The van der Waals surface area contributed by atoms with Gasteiger partial charge in [0, 0.05) is 13.6 Å². The van der Waals surface area contributed by atoms with E-state index in [-0.39, 0.29) is 6.09 Å². The first-order valence-electron chi connectivity index (χ1n) is 5.88. The van der Waals surface area contributed by atoms with Crippen LogP contribution in [-0.4, -0.2) is 44.9 Å². The molecule has 1 aromatic rings. The molecule has 0 bridgehead atoms. The number of hydrogen-bond acceptors (Lipinski definition) is 4. The van der Waals surface area contributed by atoms with Gasteiger partial charge in [-0.2, -0.15) is 0 Å². The van der Waals surface area contributed by atoms with Crippen LogP contribution in [0.25, 0.3) is 0 Å². The minimum atomic E-state index is -0.326. The zero-order chi connectivity index (χ0) is 13.0. The molecule has 0 radical (unpaired) electrons. The predicted octanol–water partition coefficient (Wildman–Crippen LogP) is 1.70. The standard InChI is InChI=1S/C13H17NO4/c1-14(13(15)16-2)6-5-10-3-4-11-12(9-10)18-8-7-17-11/h3-4,9H,5-8H2,1-2H3. The Labute approximate surface area is 106 Å².